The highest BCUT2D eigenvalue weighted by molar-refractivity contribution is 6.23. The van der Waals surface area contributed by atoms with Crippen LogP contribution < -0.4 is 4.90 Å². The predicted molar refractivity (Wildman–Crippen MR) is 78.4 cm³/mol. The van der Waals surface area contributed by atoms with Crippen LogP contribution in [0.4, 0.5) is 5.69 Å². The predicted octanol–water partition coefficient (Wildman–Crippen LogP) is 2.26. The molecule has 4 unspecified atom stereocenters. The van der Waals surface area contributed by atoms with E-state index in [0.717, 1.165) is 12.8 Å². The van der Waals surface area contributed by atoms with Crippen molar-refractivity contribution in [3.05, 3.63) is 42.0 Å². The summed E-state index contributed by atoms with van der Waals surface area (Å²) < 4.78 is 0. The molecule has 108 valence electrons. The largest absolute Gasteiger partial charge is 0.274 e. The maximum atomic E-state index is 12.9. The number of imide groups is 1. The van der Waals surface area contributed by atoms with Gasteiger partial charge in [-0.1, -0.05) is 12.2 Å². The second-order valence-corrected chi connectivity index (χ2v) is 6.89. The molecule has 2 amide bonds. The SMILES string of the molecule is N#Cc1ccc(N2C(=O)C3C(C2=O)C2C=CC3C23CC3)cc1. The average molecular weight is 290 g/mol. The summed E-state index contributed by atoms with van der Waals surface area (Å²) in [4.78, 5) is 27.1. The van der Waals surface area contributed by atoms with Crippen molar-refractivity contribution in [3.8, 4) is 6.07 Å². The lowest BCUT2D eigenvalue weighted by atomic mass is 9.85. The summed E-state index contributed by atoms with van der Waals surface area (Å²) in [7, 11) is 0. The molecule has 4 heteroatoms. The highest BCUT2D eigenvalue weighted by Gasteiger charge is 2.73. The van der Waals surface area contributed by atoms with E-state index in [-0.39, 0.29) is 40.9 Å². The number of carbonyl (C=O) groups excluding carboxylic acids is 2. The minimum Gasteiger partial charge on any atom is -0.274 e. The van der Waals surface area contributed by atoms with E-state index in [1.165, 1.54) is 4.90 Å². The molecule has 1 aromatic rings. The lowest BCUT2D eigenvalue weighted by molar-refractivity contribution is -0.123. The molecule has 1 aliphatic heterocycles. The lowest BCUT2D eigenvalue weighted by Crippen LogP contribution is -2.34. The van der Waals surface area contributed by atoms with Crippen molar-refractivity contribution >= 4 is 17.5 Å². The van der Waals surface area contributed by atoms with Gasteiger partial charge in [0.25, 0.3) is 0 Å². The number of nitrogens with zero attached hydrogens (tertiary/aromatic N) is 2. The summed E-state index contributed by atoms with van der Waals surface area (Å²) in [6.07, 6.45) is 6.65. The van der Waals surface area contributed by atoms with Crippen LogP contribution >= 0.6 is 0 Å². The van der Waals surface area contributed by atoms with E-state index < -0.39 is 0 Å². The van der Waals surface area contributed by atoms with Crippen LogP contribution in [0, 0.1) is 40.4 Å². The Balaban J connectivity index is 1.55. The van der Waals surface area contributed by atoms with Crippen LogP contribution in [-0.4, -0.2) is 11.8 Å². The third-order valence-corrected chi connectivity index (χ3v) is 6.11. The molecule has 1 aromatic carbocycles. The standard InChI is InChI=1S/C18H14N2O2/c19-9-10-1-3-11(4-2-10)20-16(21)14-12-5-6-13(15(14)17(20)22)18(12)7-8-18/h1-6,12-15H,7-8H2. The van der Waals surface area contributed by atoms with Gasteiger partial charge < -0.3 is 0 Å². The number of hydrogen-bond donors (Lipinski definition) is 0. The summed E-state index contributed by atoms with van der Waals surface area (Å²) in [6, 6.07) is 8.74. The smallest absolute Gasteiger partial charge is 0.238 e. The first-order chi connectivity index (χ1) is 10.7. The van der Waals surface area contributed by atoms with Crippen LogP contribution in [0.2, 0.25) is 0 Å². The molecule has 3 aliphatic carbocycles. The monoisotopic (exact) mass is 290 g/mol. The molecule has 1 saturated heterocycles. The van der Waals surface area contributed by atoms with E-state index >= 15 is 0 Å². The number of benzene rings is 1. The Hall–Kier alpha value is -2.41. The van der Waals surface area contributed by atoms with Gasteiger partial charge in [-0.05, 0) is 54.4 Å². The third-order valence-electron chi connectivity index (χ3n) is 6.11. The fourth-order valence-electron chi connectivity index (χ4n) is 5.02. The number of allylic oxidation sites excluding steroid dienone is 2. The van der Waals surface area contributed by atoms with Gasteiger partial charge >= 0.3 is 0 Å². The average Bonchev–Trinajstić information content (AvgIpc) is 3.13. The minimum atomic E-state index is -0.166. The molecule has 4 atom stereocenters. The molecule has 4 aliphatic rings. The van der Waals surface area contributed by atoms with Gasteiger partial charge in [0.05, 0.1) is 29.2 Å². The second-order valence-electron chi connectivity index (χ2n) is 6.89. The van der Waals surface area contributed by atoms with E-state index in [1.54, 1.807) is 24.3 Å². The first-order valence-electron chi connectivity index (χ1n) is 7.74. The van der Waals surface area contributed by atoms with Crippen molar-refractivity contribution in [3.63, 3.8) is 0 Å². The van der Waals surface area contributed by atoms with Crippen molar-refractivity contribution in [1.82, 2.24) is 0 Å². The minimum absolute atomic E-state index is 0.0529. The van der Waals surface area contributed by atoms with E-state index in [0.29, 0.717) is 11.3 Å². The number of nitriles is 1. The molecule has 22 heavy (non-hydrogen) atoms. The molecule has 2 bridgehead atoms. The van der Waals surface area contributed by atoms with Gasteiger partial charge in [-0.3, -0.25) is 14.5 Å². The van der Waals surface area contributed by atoms with Crippen LogP contribution in [0.5, 0.6) is 0 Å². The molecule has 1 spiro atoms. The molecule has 0 N–H and O–H groups in total. The summed E-state index contributed by atoms with van der Waals surface area (Å²) in [5.74, 6) is 0.0663. The number of anilines is 1. The van der Waals surface area contributed by atoms with Gasteiger partial charge in [-0.2, -0.15) is 5.26 Å². The second kappa shape index (κ2) is 3.67. The van der Waals surface area contributed by atoms with Crippen molar-refractivity contribution in [2.45, 2.75) is 12.8 Å². The van der Waals surface area contributed by atoms with Gasteiger partial charge in [0.1, 0.15) is 0 Å². The molecule has 3 fully saturated rings. The number of fused-ring (bicyclic) bond motifs is 3. The van der Waals surface area contributed by atoms with Crippen LogP contribution in [-0.2, 0) is 9.59 Å². The topological polar surface area (TPSA) is 61.2 Å². The maximum Gasteiger partial charge on any atom is 0.238 e. The third kappa shape index (κ3) is 1.20. The van der Waals surface area contributed by atoms with Crippen molar-refractivity contribution < 1.29 is 9.59 Å². The van der Waals surface area contributed by atoms with Gasteiger partial charge in [-0.15, -0.1) is 0 Å². The Kier molecular flexibility index (Phi) is 2.03. The maximum absolute atomic E-state index is 12.9. The fourth-order valence-corrected chi connectivity index (χ4v) is 5.02. The van der Waals surface area contributed by atoms with E-state index in [2.05, 4.69) is 18.2 Å². The number of rotatable bonds is 1. The lowest BCUT2D eigenvalue weighted by Gasteiger charge is -2.21. The summed E-state index contributed by atoms with van der Waals surface area (Å²) in [5.41, 5.74) is 1.35. The quantitative estimate of drug-likeness (QED) is 0.589. The van der Waals surface area contributed by atoms with Gasteiger partial charge in [0.2, 0.25) is 11.8 Å². The Morgan fingerprint density at radius 1 is 1.00 bits per heavy atom. The van der Waals surface area contributed by atoms with Crippen molar-refractivity contribution in [2.75, 3.05) is 4.90 Å². The Labute approximate surface area is 128 Å². The molecule has 0 radical (unpaired) electrons. The van der Waals surface area contributed by atoms with Crippen LogP contribution in [0.25, 0.3) is 0 Å². The Morgan fingerprint density at radius 3 is 2.00 bits per heavy atom. The van der Waals surface area contributed by atoms with Gasteiger partial charge in [-0.25, -0.2) is 0 Å². The zero-order chi connectivity index (χ0) is 15.1. The molecule has 0 aromatic heterocycles. The number of amides is 2. The van der Waals surface area contributed by atoms with E-state index in [9.17, 15) is 9.59 Å². The van der Waals surface area contributed by atoms with Crippen LogP contribution in [0.15, 0.2) is 36.4 Å². The number of hydrogen-bond acceptors (Lipinski definition) is 3. The first-order valence-corrected chi connectivity index (χ1v) is 7.74. The molecule has 5 rings (SSSR count). The number of carbonyl (C=O) groups is 2. The summed E-state index contributed by atoms with van der Waals surface area (Å²) >= 11 is 0. The highest BCUT2D eigenvalue weighted by Crippen LogP contribution is 2.73. The highest BCUT2D eigenvalue weighted by atomic mass is 16.2. The fraction of sp³-hybridized carbons (Fsp3) is 0.389. The molecule has 4 nitrogen and oxygen atoms in total. The molecule has 1 heterocycles. The molecule has 2 saturated carbocycles. The first kappa shape index (κ1) is 12.2. The van der Waals surface area contributed by atoms with Gasteiger partial charge in [0.15, 0.2) is 0 Å². The molecular weight excluding hydrogens is 276 g/mol. The van der Waals surface area contributed by atoms with Gasteiger partial charge in [0, 0.05) is 0 Å². The Morgan fingerprint density at radius 2 is 1.55 bits per heavy atom. The summed E-state index contributed by atoms with van der Waals surface area (Å²) in [5, 5.41) is 8.87. The normalized spacial score (nSPS) is 36.0. The molecular formula is C18H14N2O2. The van der Waals surface area contributed by atoms with Crippen molar-refractivity contribution in [2.24, 2.45) is 29.1 Å². The van der Waals surface area contributed by atoms with Crippen LogP contribution in [0.3, 0.4) is 0 Å². The summed E-state index contributed by atoms with van der Waals surface area (Å²) in [6.45, 7) is 0. The van der Waals surface area contributed by atoms with E-state index in [1.807, 2.05) is 0 Å². The zero-order valence-corrected chi connectivity index (χ0v) is 11.9. The zero-order valence-electron chi connectivity index (χ0n) is 11.9. The van der Waals surface area contributed by atoms with Crippen LogP contribution in [0.1, 0.15) is 18.4 Å². The van der Waals surface area contributed by atoms with E-state index in [4.69, 9.17) is 5.26 Å². The Bertz CT molecular complexity index is 748. The van der Waals surface area contributed by atoms with Crippen molar-refractivity contribution in [1.29, 1.82) is 5.26 Å².